The predicted octanol–water partition coefficient (Wildman–Crippen LogP) is 3.13. The Morgan fingerprint density at radius 1 is 1.24 bits per heavy atom. The molecular weight excluding hydrogens is 266 g/mol. The third-order valence-electron chi connectivity index (χ3n) is 4.21. The van der Waals surface area contributed by atoms with Crippen LogP contribution in [-0.4, -0.2) is 16.6 Å². The number of rotatable bonds is 4. The SMILES string of the molecule is O=C(CC1(O)CCCCC1)NCc1cc2ccccc2o1. The van der Waals surface area contributed by atoms with Gasteiger partial charge in [0.1, 0.15) is 11.3 Å². The van der Waals surface area contributed by atoms with Gasteiger partial charge in [0, 0.05) is 5.39 Å². The van der Waals surface area contributed by atoms with Gasteiger partial charge in [-0.1, -0.05) is 37.5 Å². The molecule has 0 unspecified atom stereocenters. The Balaban J connectivity index is 1.55. The van der Waals surface area contributed by atoms with Gasteiger partial charge in [0.25, 0.3) is 0 Å². The van der Waals surface area contributed by atoms with Crippen LogP contribution in [-0.2, 0) is 11.3 Å². The van der Waals surface area contributed by atoms with Crippen LogP contribution in [0.4, 0.5) is 0 Å². The number of carbonyl (C=O) groups is 1. The molecule has 1 fully saturated rings. The molecule has 0 spiro atoms. The van der Waals surface area contributed by atoms with Crippen molar-refractivity contribution in [1.82, 2.24) is 5.32 Å². The quantitative estimate of drug-likeness (QED) is 0.908. The maximum atomic E-state index is 12.0. The lowest BCUT2D eigenvalue weighted by molar-refractivity contribution is -0.127. The molecule has 0 atom stereocenters. The van der Waals surface area contributed by atoms with E-state index < -0.39 is 5.60 Å². The van der Waals surface area contributed by atoms with Gasteiger partial charge in [0.2, 0.25) is 5.91 Å². The first-order valence-corrected chi connectivity index (χ1v) is 7.61. The lowest BCUT2D eigenvalue weighted by Gasteiger charge is -2.31. The minimum absolute atomic E-state index is 0.111. The molecule has 1 amide bonds. The number of aliphatic hydroxyl groups is 1. The second-order valence-electron chi connectivity index (χ2n) is 5.99. The normalized spacial score (nSPS) is 17.8. The number of benzene rings is 1. The molecule has 2 N–H and O–H groups in total. The first-order valence-electron chi connectivity index (χ1n) is 7.61. The molecule has 4 nitrogen and oxygen atoms in total. The molecule has 0 bridgehead atoms. The summed E-state index contributed by atoms with van der Waals surface area (Å²) in [6, 6.07) is 9.71. The fourth-order valence-electron chi connectivity index (χ4n) is 3.06. The van der Waals surface area contributed by atoms with E-state index in [2.05, 4.69) is 5.32 Å². The number of hydrogen-bond donors (Lipinski definition) is 2. The topological polar surface area (TPSA) is 62.5 Å². The number of fused-ring (bicyclic) bond motifs is 1. The van der Waals surface area contributed by atoms with Crippen LogP contribution in [0.25, 0.3) is 11.0 Å². The van der Waals surface area contributed by atoms with Gasteiger partial charge in [0.05, 0.1) is 18.6 Å². The zero-order valence-electron chi connectivity index (χ0n) is 12.1. The Morgan fingerprint density at radius 3 is 2.76 bits per heavy atom. The van der Waals surface area contributed by atoms with Crippen molar-refractivity contribution in [2.24, 2.45) is 0 Å². The molecule has 0 aliphatic heterocycles. The first kappa shape index (κ1) is 14.1. The van der Waals surface area contributed by atoms with Gasteiger partial charge in [-0.15, -0.1) is 0 Å². The minimum Gasteiger partial charge on any atom is -0.459 e. The maximum absolute atomic E-state index is 12.0. The van der Waals surface area contributed by atoms with E-state index >= 15 is 0 Å². The van der Waals surface area contributed by atoms with E-state index in [1.165, 1.54) is 0 Å². The lowest BCUT2D eigenvalue weighted by Crippen LogP contribution is -2.38. The summed E-state index contributed by atoms with van der Waals surface area (Å²) in [7, 11) is 0. The molecule has 3 rings (SSSR count). The van der Waals surface area contributed by atoms with E-state index in [-0.39, 0.29) is 12.3 Å². The van der Waals surface area contributed by atoms with Gasteiger partial charge in [-0.05, 0) is 25.0 Å². The van der Waals surface area contributed by atoms with Crippen molar-refractivity contribution < 1.29 is 14.3 Å². The second kappa shape index (κ2) is 5.90. The van der Waals surface area contributed by atoms with Gasteiger partial charge < -0.3 is 14.8 Å². The maximum Gasteiger partial charge on any atom is 0.223 e. The minimum atomic E-state index is -0.809. The predicted molar refractivity (Wildman–Crippen MR) is 80.7 cm³/mol. The summed E-state index contributed by atoms with van der Waals surface area (Å²) in [5, 5.41) is 14.2. The molecule has 2 aromatic rings. The highest BCUT2D eigenvalue weighted by molar-refractivity contribution is 5.79. The van der Waals surface area contributed by atoms with E-state index in [9.17, 15) is 9.90 Å². The highest BCUT2D eigenvalue weighted by Gasteiger charge is 2.31. The summed E-state index contributed by atoms with van der Waals surface area (Å²) in [6.45, 7) is 0.365. The van der Waals surface area contributed by atoms with Crippen molar-refractivity contribution >= 4 is 16.9 Å². The number of nitrogens with one attached hydrogen (secondary N) is 1. The standard InChI is InChI=1S/C17H21NO3/c19-16(11-17(20)8-4-1-5-9-17)18-12-14-10-13-6-2-3-7-15(13)21-14/h2-3,6-7,10,20H,1,4-5,8-9,11-12H2,(H,18,19). The van der Waals surface area contributed by atoms with E-state index in [1.807, 2.05) is 30.3 Å². The molecule has 0 saturated heterocycles. The monoisotopic (exact) mass is 287 g/mol. The average Bonchev–Trinajstić information content (AvgIpc) is 2.88. The third kappa shape index (κ3) is 3.45. The number of para-hydroxylation sites is 1. The molecule has 4 heteroatoms. The summed E-state index contributed by atoms with van der Waals surface area (Å²) >= 11 is 0. The van der Waals surface area contributed by atoms with E-state index in [0.717, 1.165) is 48.8 Å². The number of furan rings is 1. The molecule has 1 aliphatic carbocycles. The van der Waals surface area contributed by atoms with Crippen molar-refractivity contribution in [3.63, 3.8) is 0 Å². The molecule has 1 heterocycles. The van der Waals surface area contributed by atoms with Crippen LogP contribution in [0, 0.1) is 0 Å². The molecule has 112 valence electrons. The highest BCUT2D eigenvalue weighted by Crippen LogP contribution is 2.30. The molecule has 1 aromatic carbocycles. The number of hydrogen-bond acceptors (Lipinski definition) is 3. The van der Waals surface area contributed by atoms with E-state index in [4.69, 9.17) is 4.42 Å². The Hall–Kier alpha value is -1.81. The van der Waals surface area contributed by atoms with Crippen LogP contribution in [0.5, 0.6) is 0 Å². The molecule has 21 heavy (non-hydrogen) atoms. The summed E-state index contributed by atoms with van der Waals surface area (Å²) in [4.78, 5) is 12.0. The fraction of sp³-hybridized carbons (Fsp3) is 0.471. The van der Waals surface area contributed by atoms with Crippen molar-refractivity contribution in [2.75, 3.05) is 0 Å². The van der Waals surface area contributed by atoms with Gasteiger partial charge in [-0.2, -0.15) is 0 Å². The Morgan fingerprint density at radius 2 is 2.00 bits per heavy atom. The highest BCUT2D eigenvalue weighted by atomic mass is 16.3. The summed E-state index contributed by atoms with van der Waals surface area (Å²) in [5.41, 5.74) is 0.0172. The van der Waals surface area contributed by atoms with E-state index in [0.29, 0.717) is 6.54 Å². The van der Waals surface area contributed by atoms with Gasteiger partial charge in [-0.25, -0.2) is 0 Å². The van der Waals surface area contributed by atoms with Gasteiger partial charge in [0.15, 0.2) is 0 Å². The van der Waals surface area contributed by atoms with Crippen molar-refractivity contribution in [3.8, 4) is 0 Å². The van der Waals surface area contributed by atoms with Crippen molar-refractivity contribution in [1.29, 1.82) is 0 Å². The Kier molecular flexibility index (Phi) is 3.97. The third-order valence-corrected chi connectivity index (χ3v) is 4.21. The second-order valence-corrected chi connectivity index (χ2v) is 5.99. The summed E-state index contributed by atoms with van der Waals surface area (Å²) in [5.74, 6) is 0.625. The number of amides is 1. The Bertz CT molecular complexity index is 593. The number of carbonyl (C=O) groups excluding carboxylic acids is 1. The summed E-state index contributed by atoms with van der Waals surface area (Å²) in [6.07, 6.45) is 4.81. The lowest BCUT2D eigenvalue weighted by atomic mass is 9.82. The van der Waals surface area contributed by atoms with Gasteiger partial charge in [-0.3, -0.25) is 4.79 Å². The van der Waals surface area contributed by atoms with Crippen molar-refractivity contribution in [2.45, 2.75) is 50.7 Å². The largest absolute Gasteiger partial charge is 0.459 e. The van der Waals surface area contributed by atoms with Crippen LogP contribution in [0.2, 0.25) is 0 Å². The molecule has 1 saturated carbocycles. The molecular formula is C17H21NO3. The molecule has 1 aromatic heterocycles. The van der Waals surface area contributed by atoms with Crippen LogP contribution in [0.3, 0.4) is 0 Å². The Labute approximate surface area is 124 Å². The van der Waals surface area contributed by atoms with Crippen LogP contribution < -0.4 is 5.32 Å². The van der Waals surface area contributed by atoms with Gasteiger partial charge >= 0.3 is 0 Å². The average molecular weight is 287 g/mol. The fourth-order valence-corrected chi connectivity index (χ4v) is 3.06. The zero-order chi connectivity index (χ0) is 14.7. The first-order chi connectivity index (χ1) is 10.1. The van der Waals surface area contributed by atoms with Crippen molar-refractivity contribution in [3.05, 3.63) is 36.1 Å². The molecule has 1 aliphatic rings. The summed E-state index contributed by atoms with van der Waals surface area (Å²) < 4.78 is 5.66. The smallest absolute Gasteiger partial charge is 0.223 e. The molecule has 0 radical (unpaired) electrons. The van der Waals surface area contributed by atoms with Crippen LogP contribution >= 0.6 is 0 Å². The van der Waals surface area contributed by atoms with E-state index in [1.54, 1.807) is 0 Å². The van der Waals surface area contributed by atoms with Crippen LogP contribution in [0.1, 0.15) is 44.3 Å². The van der Waals surface area contributed by atoms with Crippen LogP contribution in [0.15, 0.2) is 34.7 Å². The zero-order valence-corrected chi connectivity index (χ0v) is 12.1.